The second-order valence-corrected chi connectivity index (χ2v) is 5.70. The van der Waals surface area contributed by atoms with Crippen LogP contribution in [0.15, 0.2) is 72.6 Å². The number of nitrogens with zero attached hydrogens (tertiary/aromatic N) is 2. The molecule has 0 aliphatic carbocycles. The highest BCUT2D eigenvalue weighted by atomic mass is 35.5. The predicted octanol–water partition coefficient (Wildman–Crippen LogP) is 4.30. The number of esters is 1. The van der Waals surface area contributed by atoms with E-state index in [-0.39, 0.29) is 12.0 Å². The number of anilines is 1. The molecule has 0 amide bonds. The minimum atomic E-state index is -0.354. The lowest BCUT2D eigenvalue weighted by atomic mass is 10.0. The number of ether oxygens (including phenoxy) is 1. The molecule has 2 aromatic rings. The van der Waals surface area contributed by atoms with Crippen LogP contribution in [0.3, 0.4) is 0 Å². The van der Waals surface area contributed by atoms with Gasteiger partial charge < -0.3 is 9.64 Å². The summed E-state index contributed by atoms with van der Waals surface area (Å²) in [6, 6.07) is 13.4. The summed E-state index contributed by atoms with van der Waals surface area (Å²) in [6.45, 7) is 2.12. The van der Waals surface area contributed by atoms with E-state index in [2.05, 4.69) is 4.98 Å². The number of rotatable bonds is 4. The smallest absolute Gasteiger partial charge is 0.339 e. The van der Waals surface area contributed by atoms with Crippen molar-refractivity contribution in [1.82, 2.24) is 4.98 Å². The third-order valence-corrected chi connectivity index (χ3v) is 3.90. The molecule has 122 valence electrons. The highest BCUT2D eigenvalue weighted by Crippen LogP contribution is 2.32. The first-order valence-corrected chi connectivity index (χ1v) is 8.09. The van der Waals surface area contributed by atoms with Crippen LogP contribution in [0.5, 0.6) is 0 Å². The molecule has 1 atom stereocenters. The Balaban J connectivity index is 2.01. The van der Waals surface area contributed by atoms with Gasteiger partial charge in [0.2, 0.25) is 0 Å². The first-order valence-electron chi connectivity index (χ1n) is 7.71. The largest absolute Gasteiger partial charge is 0.462 e. The van der Waals surface area contributed by atoms with Gasteiger partial charge in [-0.1, -0.05) is 48.0 Å². The third kappa shape index (κ3) is 3.49. The molecular formula is C19H17ClN2O2. The van der Waals surface area contributed by atoms with Crippen LogP contribution in [0, 0.1) is 0 Å². The SMILES string of the molecule is CCOC(=O)C1=CN(c2cc(Cl)ccn2)C(c2ccccc2)C=C1. The van der Waals surface area contributed by atoms with Gasteiger partial charge in [-0.3, -0.25) is 0 Å². The molecule has 0 fully saturated rings. The van der Waals surface area contributed by atoms with Crippen LogP contribution in [0.25, 0.3) is 0 Å². The van der Waals surface area contributed by atoms with Gasteiger partial charge in [0.05, 0.1) is 18.2 Å². The molecule has 1 aliphatic rings. The molecule has 5 heteroatoms. The number of hydrogen-bond acceptors (Lipinski definition) is 4. The maximum absolute atomic E-state index is 12.1. The van der Waals surface area contributed by atoms with E-state index >= 15 is 0 Å². The quantitative estimate of drug-likeness (QED) is 0.778. The van der Waals surface area contributed by atoms with Crippen LogP contribution in [0.2, 0.25) is 5.02 Å². The number of carbonyl (C=O) groups is 1. The monoisotopic (exact) mass is 340 g/mol. The van der Waals surface area contributed by atoms with E-state index in [1.54, 1.807) is 37.5 Å². The molecule has 3 rings (SSSR count). The fourth-order valence-corrected chi connectivity index (χ4v) is 2.72. The Morgan fingerprint density at radius 2 is 2.08 bits per heavy atom. The number of hydrogen-bond donors (Lipinski definition) is 0. The van der Waals surface area contributed by atoms with E-state index in [1.165, 1.54) is 0 Å². The lowest BCUT2D eigenvalue weighted by molar-refractivity contribution is -0.138. The number of halogens is 1. The number of pyridine rings is 1. The molecule has 0 spiro atoms. The fourth-order valence-electron chi connectivity index (χ4n) is 2.56. The summed E-state index contributed by atoms with van der Waals surface area (Å²) in [4.78, 5) is 18.4. The summed E-state index contributed by atoms with van der Waals surface area (Å²) in [5.74, 6) is 0.315. The lowest BCUT2D eigenvalue weighted by Crippen LogP contribution is -2.27. The van der Waals surface area contributed by atoms with E-state index in [0.29, 0.717) is 23.0 Å². The van der Waals surface area contributed by atoms with Gasteiger partial charge in [0.15, 0.2) is 0 Å². The molecule has 1 unspecified atom stereocenters. The highest BCUT2D eigenvalue weighted by molar-refractivity contribution is 6.30. The Bertz CT molecular complexity index is 787. The zero-order valence-electron chi connectivity index (χ0n) is 13.2. The minimum Gasteiger partial charge on any atom is -0.462 e. The van der Waals surface area contributed by atoms with Crippen LogP contribution < -0.4 is 4.90 Å². The van der Waals surface area contributed by atoms with Gasteiger partial charge >= 0.3 is 5.97 Å². The van der Waals surface area contributed by atoms with E-state index in [0.717, 1.165) is 5.56 Å². The maximum atomic E-state index is 12.1. The van der Waals surface area contributed by atoms with E-state index in [9.17, 15) is 4.79 Å². The van der Waals surface area contributed by atoms with E-state index in [4.69, 9.17) is 16.3 Å². The van der Waals surface area contributed by atoms with Gasteiger partial charge in [0.25, 0.3) is 0 Å². The van der Waals surface area contributed by atoms with Crippen molar-refractivity contribution in [1.29, 1.82) is 0 Å². The zero-order valence-corrected chi connectivity index (χ0v) is 14.0. The summed E-state index contributed by atoms with van der Waals surface area (Å²) in [6.07, 6.45) is 7.16. The first kappa shape index (κ1) is 16.3. The molecule has 0 radical (unpaired) electrons. The van der Waals surface area contributed by atoms with Crippen molar-refractivity contribution in [2.45, 2.75) is 13.0 Å². The minimum absolute atomic E-state index is 0.0738. The van der Waals surface area contributed by atoms with Crippen molar-refractivity contribution < 1.29 is 9.53 Å². The highest BCUT2D eigenvalue weighted by Gasteiger charge is 2.24. The average Bonchev–Trinajstić information content (AvgIpc) is 2.62. The van der Waals surface area contributed by atoms with Crippen LogP contribution in [-0.2, 0) is 9.53 Å². The second-order valence-electron chi connectivity index (χ2n) is 5.26. The third-order valence-electron chi connectivity index (χ3n) is 3.66. The molecule has 0 saturated heterocycles. The molecule has 4 nitrogen and oxygen atoms in total. The molecule has 2 heterocycles. The summed E-state index contributed by atoms with van der Waals surface area (Å²) in [7, 11) is 0. The average molecular weight is 341 g/mol. The normalized spacial score (nSPS) is 16.7. The molecule has 0 bridgehead atoms. The Kier molecular flexibility index (Phi) is 4.96. The van der Waals surface area contributed by atoms with Crippen molar-refractivity contribution in [2.24, 2.45) is 0 Å². The van der Waals surface area contributed by atoms with Crippen molar-refractivity contribution in [3.8, 4) is 0 Å². The van der Waals surface area contributed by atoms with Crippen molar-refractivity contribution in [3.05, 3.63) is 83.2 Å². The zero-order chi connectivity index (χ0) is 16.9. The van der Waals surface area contributed by atoms with Crippen molar-refractivity contribution >= 4 is 23.4 Å². The van der Waals surface area contributed by atoms with Crippen LogP contribution in [0.4, 0.5) is 5.82 Å². The standard InChI is InChI=1S/C19H17ClN2O2/c1-2-24-19(23)15-8-9-17(14-6-4-3-5-7-14)22(13-15)18-12-16(20)10-11-21-18/h3-13,17H,2H2,1H3. The van der Waals surface area contributed by atoms with Crippen LogP contribution in [0.1, 0.15) is 18.5 Å². The Hall–Kier alpha value is -2.59. The van der Waals surface area contributed by atoms with Gasteiger partial charge in [-0.2, -0.15) is 0 Å². The van der Waals surface area contributed by atoms with Gasteiger partial charge in [0, 0.05) is 17.4 Å². The van der Waals surface area contributed by atoms with E-state index < -0.39 is 0 Å². The van der Waals surface area contributed by atoms with Gasteiger partial charge in [-0.15, -0.1) is 0 Å². The number of carbonyl (C=O) groups excluding carboxylic acids is 1. The van der Waals surface area contributed by atoms with Gasteiger partial charge in [0.1, 0.15) is 5.82 Å². The Morgan fingerprint density at radius 3 is 2.79 bits per heavy atom. The molecule has 0 N–H and O–H groups in total. The van der Waals surface area contributed by atoms with Gasteiger partial charge in [-0.25, -0.2) is 9.78 Å². The van der Waals surface area contributed by atoms with Crippen molar-refractivity contribution in [2.75, 3.05) is 11.5 Å². The molecule has 1 aromatic heterocycles. The van der Waals surface area contributed by atoms with Gasteiger partial charge in [-0.05, 0) is 30.7 Å². The number of benzene rings is 1. The second kappa shape index (κ2) is 7.32. The molecule has 1 aliphatic heterocycles. The molecule has 0 saturated carbocycles. The summed E-state index contributed by atoms with van der Waals surface area (Å²) in [5.41, 5.74) is 1.57. The topological polar surface area (TPSA) is 42.4 Å². The van der Waals surface area contributed by atoms with Crippen LogP contribution in [-0.4, -0.2) is 17.6 Å². The van der Waals surface area contributed by atoms with Crippen molar-refractivity contribution in [3.63, 3.8) is 0 Å². The lowest BCUT2D eigenvalue weighted by Gasteiger charge is -2.31. The summed E-state index contributed by atoms with van der Waals surface area (Å²) >= 11 is 6.11. The Labute approximate surface area is 146 Å². The molecule has 1 aromatic carbocycles. The molecule has 24 heavy (non-hydrogen) atoms. The number of aromatic nitrogens is 1. The molecular weight excluding hydrogens is 324 g/mol. The maximum Gasteiger partial charge on any atom is 0.339 e. The van der Waals surface area contributed by atoms with Crippen LogP contribution >= 0.6 is 11.6 Å². The van der Waals surface area contributed by atoms with E-state index in [1.807, 2.05) is 41.3 Å². The predicted molar refractivity (Wildman–Crippen MR) is 94.8 cm³/mol. The summed E-state index contributed by atoms with van der Waals surface area (Å²) in [5, 5.41) is 0.590. The first-order chi connectivity index (χ1) is 11.7. The fraction of sp³-hybridized carbons (Fsp3) is 0.158. The summed E-state index contributed by atoms with van der Waals surface area (Å²) < 4.78 is 5.10. The Morgan fingerprint density at radius 1 is 1.29 bits per heavy atom.